The minimum absolute atomic E-state index is 0.232. The monoisotopic (exact) mass is 400 g/mol. The van der Waals surface area contributed by atoms with Gasteiger partial charge in [0.05, 0.1) is 19.7 Å². The summed E-state index contributed by atoms with van der Waals surface area (Å²) in [6.45, 7) is 0. The Morgan fingerprint density at radius 2 is 1.67 bits per heavy atom. The van der Waals surface area contributed by atoms with Crippen LogP contribution in [0.5, 0.6) is 11.5 Å². The van der Waals surface area contributed by atoms with Gasteiger partial charge in [0.25, 0.3) is 5.91 Å². The molecule has 0 atom stereocenters. The number of benzene rings is 3. The Morgan fingerprint density at radius 1 is 0.933 bits per heavy atom. The van der Waals surface area contributed by atoms with Crippen molar-refractivity contribution in [2.75, 3.05) is 25.3 Å². The predicted octanol–water partition coefficient (Wildman–Crippen LogP) is 4.15. The number of hydrogen-bond acceptors (Lipinski definition) is 6. The quantitative estimate of drug-likeness (QED) is 0.522. The van der Waals surface area contributed by atoms with Crippen molar-refractivity contribution >= 4 is 28.4 Å². The van der Waals surface area contributed by atoms with E-state index in [1.54, 1.807) is 44.7 Å². The molecule has 0 aliphatic rings. The molecule has 0 radical (unpaired) electrons. The molecule has 7 nitrogen and oxygen atoms in total. The highest BCUT2D eigenvalue weighted by atomic mass is 16.5. The molecule has 1 amide bonds. The molecule has 4 rings (SSSR count). The van der Waals surface area contributed by atoms with Gasteiger partial charge in [0, 0.05) is 41.0 Å². The van der Waals surface area contributed by atoms with Crippen LogP contribution in [0.2, 0.25) is 0 Å². The molecular weight excluding hydrogens is 380 g/mol. The lowest BCUT2D eigenvalue weighted by Crippen LogP contribution is -2.12. The highest BCUT2D eigenvalue weighted by Crippen LogP contribution is 2.27. The van der Waals surface area contributed by atoms with Gasteiger partial charge in [-0.05, 0) is 35.4 Å². The Morgan fingerprint density at radius 3 is 2.40 bits per heavy atom. The number of rotatable bonds is 5. The van der Waals surface area contributed by atoms with Crippen LogP contribution in [0.25, 0.3) is 22.0 Å². The van der Waals surface area contributed by atoms with Crippen LogP contribution in [0, 0.1) is 0 Å². The van der Waals surface area contributed by atoms with Gasteiger partial charge in [0.1, 0.15) is 11.5 Å². The maximum atomic E-state index is 12.8. The molecule has 0 saturated carbocycles. The van der Waals surface area contributed by atoms with Crippen LogP contribution in [0.1, 0.15) is 10.4 Å². The Labute approximate surface area is 173 Å². The van der Waals surface area contributed by atoms with Gasteiger partial charge in [-0.25, -0.2) is 9.97 Å². The lowest BCUT2D eigenvalue weighted by atomic mass is 10.0. The van der Waals surface area contributed by atoms with Gasteiger partial charge >= 0.3 is 0 Å². The fourth-order valence-electron chi connectivity index (χ4n) is 3.15. The van der Waals surface area contributed by atoms with Gasteiger partial charge in [0.15, 0.2) is 0 Å². The zero-order chi connectivity index (χ0) is 21.1. The number of aromatic nitrogens is 2. The first-order valence-electron chi connectivity index (χ1n) is 9.23. The standard InChI is InChI=1S/C23H20N4O3/c1-29-19-10-18(11-20(12-19)30-2)26-22(28)16-5-3-4-14(8-16)15-6-7-21-17(9-15)13-25-23(24)27-21/h3-13H,1-2H3,(H,26,28)(H2,24,25,27). The second-order valence-electron chi connectivity index (χ2n) is 6.64. The van der Waals surface area contributed by atoms with Crippen molar-refractivity contribution in [1.29, 1.82) is 0 Å². The number of nitrogens with one attached hydrogen (secondary N) is 1. The third-order valence-electron chi connectivity index (χ3n) is 4.67. The van der Waals surface area contributed by atoms with Crippen molar-refractivity contribution in [2.45, 2.75) is 0 Å². The molecule has 0 bridgehead atoms. The van der Waals surface area contributed by atoms with E-state index in [2.05, 4.69) is 15.3 Å². The number of nitrogens with two attached hydrogens (primary N) is 1. The Bertz CT molecular complexity index is 1220. The number of methoxy groups -OCH3 is 2. The van der Waals surface area contributed by atoms with Crippen LogP contribution >= 0.6 is 0 Å². The summed E-state index contributed by atoms with van der Waals surface area (Å²) in [6.07, 6.45) is 1.69. The SMILES string of the molecule is COc1cc(NC(=O)c2cccc(-c3ccc4nc(N)ncc4c3)c2)cc(OC)c1. The maximum absolute atomic E-state index is 12.8. The Hall–Kier alpha value is -4.13. The largest absolute Gasteiger partial charge is 0.497 e. The van der Waals surface area contributed by atoms with Gasteiger partial charge in [-0.15, -0.1) is 0 Å². The average Bonchev–Trinajstić information content (AvgIpc) is 2.78. The molecule has 3 N–H and O–H groups in total. The number of ether oxygens (including phenoxy) is 2. The van der Waals surface area contributed by atoms with Crippen molar-refractivity contribution < 1.29 is 14.3 Å². The van der Waals surface area contributed by atoms with E-state index >= 15 is 0 Å². The number of hydrogen-bond donors (Lipinski definition) is 2. The number of carbonyl (C=O) groups is 1. The van der Waals surface area contributed by atoms with Crippen molar-refractivity contribution in [1.82, 2.24) is 9.97 Å². The lowest BCUT2D eigenvalue weighted by Gasteiger charge is -2.11. The van der Waals surface area contributed by atoms with Crippen molar-refractivity contribution in [3.05, 3.63) is 72.4 Å². The van der Waals surface area contributed by atoms with E-state index in [1.807, 2.05) is 36.4 Å². The molecule has 150 valence electrons. The predicted molar refractivity (Wildman–Crippen MR) is 117 cm³/mol. The number of anilines is 2. The molecule has 3 aromatic carbocycles. The highest BCUT2D eigenvalue weighted by Gasteiger charge is 2.10. The number of nitrogen functional groups attached to an aromatic ring is 1. The van der Waals surface area contributed by atoms with E-state index in [9.17, 15) is 4.79 Å². The van der Waals surface area contributed by atoms with Crippen LogP contribution in [-0.2, 0) is 0 Å². The minimum Gasteiger partial charge on any atom is -0.497 e. The van der Waals surface area contributed by atoms with Gasteiger partial charge in [-0.3, -0.25) is 4.79 Å². The lowest BCUT2D eigenvalue weighted by molar-refractivity contribution is 0.102. The molecule has 7 heteroatoms. The number of carbonyl (C=O) groups excluding carboxylic acids is 1. The van der Waals surface area contributed by atoms with Gasteiger partial charge in [-0.2, -0.15) is 0 Å². The van der Waals surface area contributed by atoms with E-state index in [4.69, 9.17) is 15.2 Å². The normalized spacial score (nSPS) is 10.6. The fourth-order valence-corrected chi connectivity index (χ4v) is 3.15. The number of fused-ring (bicyclic) bond motifs is 1. The molecule has 0 unspecified atom stereocenters. The Kier molecular flexibility index (Phi) is 5.17. The minimum atomic E-state index is -0.232. The summed E-state index contributed by atoms with van der Waals surface area (Å²) in [4.78, 5) is 21.1. The molecule has 0 saturated heterocycles. The van der Waals surface area contributed by atoms with Crippen molar-refractivity contribution in [3.8, 4) is 22.6 Å². The van der Waals surface area contributed by atoms with Crippen LogP contribution in [-0.4, -0.2) is 30.1 Å². The molecule has 0 aliphatic carbocycles. The van der Waals surface area contributed by atoms with E-state index in [0.29, 0.717) is 22.7 Å². The van der Waals surface area contributed by atoms with Gasteiger partial charge < -0.3 is 20.5 Å². The number of nitrogens with zero attached hydrogens (tertiary/aromatic N) is 2. The number of amides is 1. The molecule has 1 aromatic heterocycles. The summed E-state index contributed by atoms with van der Waals surface area (Å²) >= 11 is 0. The summed E-state index contributed by atoms with van der Waals surface area (Å²) in [6, 6.07) is 18.4. The van der Waals surface area contributed by atoms with Gasteiger partial charge in [-0.1, -0.05) is 18.2 Å². The second kappa shape index (κ2) is 8.08. The first-order chi connectivity index (χ1) is 14.6. The Balaban J connectivity index is 1.62. The van der Waals surface area contributed by atoms with E-state index in [-0.39, 0.29) is 11.9 Å². The van der Waals surface area contributed by atoms with Crippen LogP contribution in [0.15, 0.2) is 66.9 Å². The van der Waals surface area contributed by atoms with Crippen molar-refractivity contribution in [2.24, 2.45) is 0 Å². The third kappa shape index (κ3) is 4.00. The zero-order valence-electron chi connectivity index (χ0n) is 16.5. The summed E-state index contributed by atoms with van der Waals surface area (Å²) in [7, 11) is 3.12. The first kappa shape index (κ1) is 19.2. The zero-order valence-corrected chi connectivity index (χ0v) is 16.5. The molecule has 30 heavy (non-hydrogen) atoms. The van der Waals surface area contributed by atoms with Crippen LogP contribution in [0.4, 0.5) is 11.6 Å². The smallest absolute Gasteiger partial charge is 0.255 e. The molecule has 1 heterocycles. The first-order valence-corrected chi connectivity index (χ1v) is 9.23. The fraction of sp³-hybridized carbons (Fsp3) is 0.0870. The van der Waals surface area contributed by atoms with E-state index in [1.165, 1.54) is 0 Å². The summed E-state index contributed by atoms with van der Waals surface area (Å²) in [5.74, 6) is 1.20. The van der Waals surface area contributed by atoms with Crippen LogP contribution < -0.4 is 20.5 Å². The molecule has 0 aliphatic heterocycles. The molecule has 0 spiro atoms. The summed E-state index contributed by atoms with van der Waals surface area (Å²) in [5.41, 5.74) is 9.39. The molecular formula is C23H20N4O3. The van der Waals surface area contributed by atoms with Crippen molar-refractivity contribution in [3.63, 3.8) is 0 Å². The van der Waals surface area contributed by atoms with E-state index in [0.717, 1.165) is 22.0 Å². The molecule has 4 aromatic rings. The van der Waals surface area contributed by atoms with Gasteiger partial charge in [0.2, 0.25) is 5.95 Å². The molecule has 0 fully saturated rings. The van der Waals surface area contributed by atoms with E-state index < -0.39 is 0 Å². The average molecular weight is 400 g/mol. The van der Waals surface area contributed by atoms with Crippen LogP contribution in [0.3, 0.4) is 0 Å². The summed E-state index contributed by atoms with van der Waals surface area (Å²) in [5, 5.41) is 3.76. The topological polar surface area (TPSA) is 99.4 Å². The highest BCUT2D eigenvalue weighted by molar-refractivity contribution is 6.05. The third-order valence-corrected chi connectivity index (χ3v) is 4.67. The summed E-state index contributed by atoms with van der Waals surface area (Å²) < 4.78 is 10.5. The second-order valence-corrected chi connectivity index (χ2v) is 6.64. The maximum Gasteiger partial charge on any atom is 0.255 e.